The molecule has 0 radical (unpaired) electrons. The molecule has 142 valence electrons. The highest BCUT2D eigenvalue weighted by atomic mass is 16.2. The molecule has 2 aromatic carbocycles. The number of benzene rings is 2. The van der Waals surface area contributed by atoms with E-state index in [1.165, 1.54) is 6.92 Å². The van der Waals surface area contributed by atoms with Gasteiger partial charge < -0.3 is 16.0 Å². The van der Waals surface area contributed by atoms with Crippen molar-refractivity contribution in [3.63, 3.8) is 0 Å². The molecule has 0 saturated carbocycles. The van der Waals surface area contributed by atoms with E-state index in [-0.39, 0.29) is 17.5 Å². The lowest BCUT2D eigenvalue weighted by Crippen LogP contribution is -2.15. The van der Waals surface area contributed by atoms with E-state index >= 15 is 0 Å². The molecule has 3 aromatic rings. The molecule has 3 rings (SSSR count). The average molecular weight is 375 g/mol. The zero-order valence-corrected chi connectivity index (χ0v) is 15.9. The monoisotopic (exact) mass is 375 g/mol. The fourth-order valence-corrected chi connectivity index (χ4v) is 2.63. The maximum absolute atomic E-state index is 12.6. The summed E-state index contributed by atoms with van der Waals surface area (Å²) in [6, 6.07) is 16.3. The van der Waals surface area contributed by atoms with Crippen LogP contribution in [0.5, 0.6) is 0 Å². The molecule has 1 aromatic heterocycles. The summed E-state index contributed by atoms with van der Waals surface area (Å²) in [6.45, 7) is 5.22. The number of nitrogens with zero attached hydrogens (tertiary/aromatic N) is 2. The number of nitrogens with one attached hydrogen (secondary N) is 3. The van der Waals surface area contributed by atoms with E-state index in [0.29, 0.717) is 23.0 Å². The lowest BCUT2D eigenvalue weighted by atomic mass is 10.2. The molecule has 0 bridgehead atoms. The van der Waals surface area contributed by atoms with Crippen LogP contribution < -0.4 is 16.0 Å². The fourth-order valence-electron chi connectivity index (χ4n) is 2.63. The van der Waals surface area contributed by atoms with Crippen LogP contribution in [0.4, 0.5) is 23.0 Å². The van der Waals surface area contributed by atoms with E-state index in [9.17, 15) is 9.59 Å². The van der Waals surface area contributed by atoms with Crippen LogP contribution in [-0.4, -0.2) is 21.8 Å². The van der Waals surface area contributed by atoms with Gasteiger partial charge in [-0.05, 0) is 61.9 Å². The van der Waals surface area contributed by atoms with Crippen molar-refractivity contribution in [1.29, 1.82) is 0 Å². The van der Waals surface area contributed by atoms with Crippen molar-refractivity contribution in [2.45, 2.75) is 20.8 Å². The maximum atomic E-state index is 12.6. The minimum atomic E-state index is -0.305. The second-order valence-electron chi connectivity index (χ2n) is 6.43. The number of aromatic nitrogens is 2. The van der Waals surface area contributed by atoms with E-state index in [1.54, 1.807) is 37.3 Å². The lowest BCUT2D eigenvalue weighted by molar-refractivity contribution is -0.114. The molecule has 3 N–H and O–H groups in total. The Bertz CT molecular complexity index is 1020. The van der Waals surface area contributed by atoms with Gasteiger partial charge in [-0.3, -0.25) is 9.59 Å². The van der Waals surface area contributed by atoms with Crippen LogP contribution in [0.2, 0.25) is 0 Å². The van der Waals surface area contributed by atoms with E-state index in [1.807, 2.05) is 31.2 Å². The van der Waals surface area contributed by atoms with E-state index in [0.717, 1.165) is 11.3 Å². The second-order valence-corrected chi connectivity index (χ2v) is 6.43. The molecule has 0 unspecified atom stereocenters. The zero-order chi connectivity index (χ0) is 20.1. The molecule has 0 aliphatic heterocycles. The molecule has 0 aliphatic rings. The van der Waals surface area contributed by atoms with Gasteiger partial charge in [0.05, 0.1) is 0 Å². The Balaban J connectivity index is 1.75. The van der Waals surface area contributed by atoms with Gasteiger partial charge in [-0.2, -0.15) is 0 Å². The van der Waals surface area contributed by atoms with Crippen LogP contribution >= 0.6 is 0 Å². The molecule has 7 nitrogen and oxygen atoms in total. The molecular weight excluding hydrogens is 354 g/mol. The third-order valence-corrected chi connectivity index (χ3v) is 3.82. The van der Waals surface area contributed by atoms with E-state index in [4.69, 9.17) is 0 Å². The van der Waals surface area contributed by atoms with Crippen molar-refractivity contribution in [3.8, 4) is 0 Å². The summed E-state index contributed by atoms with van der Waals surface area (Å²) in [5.74, 6) is -0.117. The molecule has 0 saturated heterocycles. The Kier molecular flexibility index (Phi) is 5.64. The minimum absolute atomic E-state index is 0.132. The third-order valence-electron chi connectivity index (χ3n) is 3.82. The lowest BCUT2D eigenvalue weighted by Gasteiger charge is -2.10. The standard InChI is InChI=1S/C21H21N5O2/c1-13-5-4-6-18(11-13)24-20(28)19-12-14(2)22-21(26-19)25-17-9-7-16(8-10-17)23-15(3)27/h4-12H,1-3H3,(H,23,27)(H,24,28)(H,22,25,26). The van der Waals surface area contributed by atoms with Crippen LogP contribution in [0, 0.1) is 13.8 Å². The largest absolute Gasteiger partial charge is 0.326 e. The van der Waals surface area contributed by atoms with Gasteiger partial charge in [0.2, 0.25) is 11.9 Å². The first-order valence-corrected chi connectivity index (χ1v) is 8.77. The average Bonchev–Trinajstić information content (AvgIpc) is 2.62. The van der Waals surface area contributed by atoms with Crippen LogP contribution in [0.3, 0.4) is 0 Å². The van der Waals surface area contributed by atoms with Crippen molar-refractivity contribution in [2.75, 3.05) is 16.0 Å². The molecule has 28 heavy (non-hydrogen) atoms. The normalized spacial score (nSPS) is 10.2. The Labute approximate surface area is 163 Å². The molecule has 0 fully saturated rings. The topological polar surface area (TPSA) is 96.0 Å². The SMILES string of the molecule is CC(=O)Nc1ccc(Nc2nc(C)cc(C(=O)Nc3cccc(C)c3)n2)cc1. The van der Waals surface area contributed by atoms with Crippen LogP contribution in [0.1, 0.15) is 28.7 Å². The Morgan fingerprint density at radius 2 is 1.54 bits per heavy atom. The van der Waals surface area contributed by atoms with Crippen molar-refractivity contribution in [1.82, 2.24) is 9.97 Å². The van der Waals surface area contributed by atoms with E-state index in [2.05, 4.69) is 25.9 Å². The van der Waals surface area contributed by atoms with Gasteiger partial charge in [0.25, 0.3) is 5.91 Å². The van der Waals surface area contributed by atoms with Crippen molar-refractivity contribution < 1.29 is 9.59 Å². The molecule has 0 aliphatic carbocycles. The fraction of sp³-hybridized carbons (Fsp3) is 0.143. The van der Waals surface area contributed by atoms with Crippen LogP contribution in [0.15, 0.2) is 54.6 Å². The summed E-state index contributed by atoms with van der Waals surface area (Å²) in [5.41, 5.74) is 4.14. The van der Waals surface area contributed by atoms with Gasteiger partial charge in [-0.1, -0.05) is 12.1 Å². The van der Waals surface area contributed by atoms with Crippen molar-refractivity contribution >= 4 is 34.8 Å². The summed E-state index contributed by atoms with van der Waals surface area (Å²) in [4.78, 5) is 32.3. The van der Waals surface area contributed by atoms with Crippen LogP contribution in [0.25, 0.3) is 0 Å². The molecular formula is C21H21N5O2. The van der Waals surface area contributed by atoms with Gasteiger partial charge in [0.1, 0.15) is 5.69 Å². The Morgan fingerprint density at radius 3 is 2.21 bits per heavy atom. The molecule has 2 amide bonds. The van der Waals surface area contributed by atoms with Gasteiger partial charge in [-0.25, -0.2) is 9.97 Å². The predicted octanol–water partition coefficient (Wildman–Crippen LogP) is 4.05. The Hall–Kier alpha value is -3.74. The highest BCUT2D eigenvalue weighted by Gasteiger charge is 2.11. The number of anilines is 4. The number of rotatable bonds is 5. The number of carbonyl (C=O) groups is 2. The van der Waals surface area contributed by atoms with Crippen molar-refractivity contribution in [2.24, 2.45) is 0 Å². The smallest absolute Gasteiger partial charge is 0.274 e. The molecule has 7 heteroatoms. The first-order valence-electron chi connectivity index (χ1n) is 8.77. The first-order chi connectivity index (χ1) is 13.4. The highest BCUT2D eigenvalue weighted by Crippen LogP contribution is 2.18. The van der Waals surface area contributed by atoms with Crippen LogP contribution in [-0.2, 0) is 4.79 Å². The summed E-state index contributed by atoms with van der Waals surface area (Å²) >= 11 is 0. The summed E-state index contributed by atoms with van der Waals surface area (Å²) in [7, 11) is 0. The molecule has 0 spiro atoms. The molecule has 0 atom stereocenters. The van der Waals surface area contributed by atoms with Crippen molar-refractivity contribution in [3.05, 3.63) is 71.5 Å². The summed E-state index contributed by atoms with van der Waals surface area (Å²) < 4.78 is 0. The minimum Gasteiger partial charge on any atom is -0.326 e. The molecule has 1 heterocycles. The zero-order valence-electron chi connectivity index (χ0n) is 15.9. The first kappa shape index (κ1) is 19.0. The number of aryl methyl sites for hydroxylation is 2. The van der Waals surface area contributed by atoms with Gasteiger partial charge in [0, 0.05) is 29.7 Å². The summed E-state index contributed by atoms with van der Waals surface area (Å²) in [5, 5.41) is 8.63. The maximum Gasteiger partial charge on any atom is 0.274 e. The van der Waals surface area contributed by atoms with Gasteiger partial charge >= 0.3 is 0 Å². The Morgan fingerprint density at radius 1 is 0.821 bits per heavy atom. The van der Waals surface area contributed by atoms with Gasteiger partial charge in [-0.15, -0.1) is 0 Å². The third kappa shape index (κ3) is 5.14. The summed E-state index contributed by atoms with van der Waals surface area (Å²) in [6.07, 6.45) is 0. The highest BCUT2D eigenvalue weighted by molar-refractivity contribution is 6.03. The number of hydrogen-bond acceptors (Lipinski definition) is 5. The number of hydrogen-bond donors (Lipinski definition) is 3. The van der Waals surface area contributed by atoms with Gasteiger partial charge in [0.15, 0.2) is 0 Å². The quantitative estimate of drug-likeness (QED) is 0.625. The predicted molar refractivity (Wildman–Crippen MR) is 110 cm³/mol. The number of carbonyl (C=O) groups excluding carboxylic acids is 2. The van der Waals surface area contributed by atoms with E-state index < -0.39 is 0 Å². The second kappa shape index (κ2) is 8.30. The number of amides is 2.